The molecule has 0 aromatic carbocycles. The van der Waals surface area contributed by atoms with Gasteiger partial charge >= 0.3 is 10.4 Å². The van der Waals surface area contributed by atoms with E-state index in [9.17, 15) is 43.3 Å². The van der Waals surface area contributed by atoms with Crippen LogP contribution in [0.4, 0.5) is 0 Å². The first-order valence-corrected chi connectivity index (χ1v) is 28.8. The molecule has 0 aromatic rings. The number of ether oxygens (including phenoxy) is 2. The van der Waals surface area contributed by atoms with E-state index >= 15 is 0 Å². The van der Waals surface area contributed by atoms with Crippen LogP contribution in [-0.2, 0) is 28.9 Å². The van der Waals surface area contributed by atoms with Crippen LogP contribution in [-0.4, -0.2) is 107 Å². The van der Waals surface area contributed by atoms with Crippen LogP contribution in [0, 0.1) is 0 Å². The first-order valence-electron chi connectivity index (χ1n) is 27.5. The number of rotatable bonds is 47. The van der Waals surface area contributed by atoms with E-state index in [4.69, 9.17) is 9.47 Å². The van der Waals surface area contributed by atoms with Crippen LogP contribution in [0.2, 0.25) is 0 Å². The fourth-order valence-corrected chi connectivity index (χ4v) is 9.24. The van der Waals surface area contributed by atoms with Gasteiger partial charge in [-0.25, -0.2) is 4.18 Å². The number of hydrogen-bond donors (Lipinski definition) is 7. The molecule has 0 bridgehead atoms. The molecule has 1 heterocycles. The van der Waals surface area contributed by atoms with Crippen LogP contribution in [0.15, 0.2) is 36.5 Å². The summed E-state index contributed by atoms with van der Waals surface area (Å²) in [7, 11) is -5.12. The summed E-state index contributed by atoms with van der Waals surface area (Å²) in [6.45, 7) is 3.15. The molecule has 0 saturated carbocycles. The third-order valence-corrected chi connectivity index (χ3v) is 13.5. The Kier molecular flexibility index (Phi) is 41.6. The second-order valence-corrected chi connectivity index (χ2v) is 20.3. The molecule has 1 fully saturated rings. The molecule has 1 saturated heterocycles. The highest BCUT2D eigenvalue weighted by atomic mass is 32.3. The van der Waals surface area contributed by atoms with E-state index in [1.807, 2.05) is 6.08 Å². The largest absolute Gasteiger partial charge is 0.397 e. The van der Waals surface area contributed by atoms with Crippen molar-refractivity contribution in [3.63, 3.8) is 0 Å². The summed E-state index contributed by atoms with van der Waals surface area (Å²) in [5.74, 6) is -0.701. The number of carbonyl (C=O) groups is 1. The molecular formula is C54H101NO12S. The number of allylic oxidation sites excluding steroid dienone is 5. The topological polar surface area (TPSA) is 212 Å². The van der Waals surface area contributed by atoms with Crippen LogP contribution in [0.5, 0.6) is 0 Å². The monoisotopic (exact) mass is 988 g/mol. The maximum Gasteiger partial charge on any atom is 0.397 e. The summed E-state index contributed by atoms with van der Waals surface area (Å²) in [4.78, 5) is 13.2. The van der Waals surface area contributed by atoms with Gasteiger partial charge in [-0.2, -0.15) is 8.42 Å². The minimum Gasteiger partial charge on any atom is -0.394 e. The van der Waals surface area contributed by atoms with Gasteiger partial charge in [0.2, 0.25) is 5.91 Å². The average molecular weight is 988 g/mol. The lowest BCUT2D eigenvalue weighted by atomic mass is 9.99. The van der Waals surface area contributed by atoms with Crippen molar-refractivity contribution in [3.8, 4) is 0 Å². The van der Waals surface area contributed by atoms with Crippen molar-refractivity contribution in [3.05, 3.63) is 36.5 Å². The SMILES string of the molecule is CC/C=C\C/C=C\CCCCCCCCCCCCCCCC(O)C(=O)NC(COC1OC(CO)C(O)C(OS(=O)(=O)O)C1O)C(O)/C=C/CCCCCCCCCCCCCCCCCCC. The number of carbonyl (C=O) groups excluding carboxylic acids is 1. The molecule has 1 rings (SSSR count). The van der Waals surface area contributed by atoms with Crippen LogP contribution in [0.25, 0.3) is 0 Å². The zero-order valence-corrected chi connectivity index (χ0v) is 43.6. The fourth-order valence-electron chi connectivity index (χ4n) is 8.74. The lowest BCUT2D eigenvalue weighted by Gasteiger charge is -2.41. The van der Waals surface area contributed by atoms with Crippen molar-refractivity contribution >= 4 is 16.3 Å². The lowest BCUT2D eigenvalue weighted by molar-refractivity contribution is -0.298. The smallest absolute Gasteiger partial charge is 0.394 e. The molecule has 14 heteroatoms. The molecule has 8 unspecified atom stereocenters. The van der Waals surface area contributed by atoms with Crippen molar-refractivity contribution in [2.24, 2.45) is 0 Å². The Labute approximate surface area is 414 Å². The van der Waals surface area contributed by atoms with Crippen molar-refractivity contribution in [2.45, 2.75) is 288 Å². The second kappa shape index (κ2) is 44.0. The first kappa shape index (κ1) is 64.3. The van der Waals surface area contributed by atoms with E-state index in [1.54, 1.807) is 6.08 Å². The van der Waals surface area contributed by atoms with E-state index < -0.39 is 78.5 Å². The molecule has 1 amide bonds. The molecule has 1 aliphatic rings. The average Bonchev–Trinajstić information content (AvgIpc) is 3.31. The van der Waals surface area contributed by atoms with Crippen molar-refractivity contribution in [1.29, 1.82) is 0 Å². The van der Waals surface area contributed by atoms with Gasteiger partial charge in [0.05, 0.1) is 25.4 Å². The third kappa shape index (κ3) is 35.4. The highest BCUT2D eigenvalue weighted by Gasteiger charge is 2.48. The Morgan fingerprint density at radius 3 is 1.51 bits per heavy atom. The molecule has 13 nitrogen and oxygen atoms in total. The van der Waals surface area contributed by atoms with E-state index in [0.29, 0.717) is 12.8 Å². The Bertz CT molecular complexity index is 1360. The number of aliphatic hydroxyl groups excluding tert-OH is 5. The van der Waals surface area contributed by atoms with Gasteiger partial charge in [-0.1, -0.05) is 230 Å². The Morgan fingerprint density at radius 1 is 0.618 bits per heavy atom. The van der Waals surface area contributed by atoms with Gasteiger partial charge in [-0.05, 0) is 44.9 Å². The van der Waals surface area contributed by atoms with Gasteiger partial charge in [0.1, 0.15) is 30.5 Å². The van der Waals surface area contributed by atoms with Crippen LogP contribution < -0.4 is 5.32 Å². The third-order valence-electron chi connectivity index (χ3n) is 13.0. The number of hydrogen-bond acceptors (Lipinski definition) is 11. The number of unbranched alkanes of at least 4 members (excludes halogenated alkanes) is 30. The maximum atomic E-state index is 13.2. The summed E-state index contributed by atoms with van der Waals surface area (Å²) >= 11 is 0. The predicted octanol–water partition coefficient (Wildman–Crippen LogP) is 11.2. The molecule has 1 aliphatic heterocycles. The number of aliphatic hydroxyl groups is 5. The van der Waals surface area contributed by atoms with Gasteiger partial charge < -0.3 is 40.3 Å². The summed E-state index contributed by atoms with van der Waals surface area (Å²) in [5, 5.41) is 55.5. The first-order chi connectivity index (χ1) is 32.9. The fraction of sp³-hybridized carbons (Fsp3) is 0.870. The highest BCUT2D eigenvalue weighted by Crippen LogP contribution is 2.26. The minimum atomic E-state index is -5.12. The quantitative estimate of drug-likeness (QED) is 0.0172. The zero-order chi connectivity index (χ0) is 49.9. The van der Waals surface area contributed by atoms with Gasteiger partial charge in [-0.15, -0.1) is 0 Å². The van der Waals surface area contributed by atoms with Crippen LogP contribution in [0.1, 0.15) is 239 Å². The van der Waals surface area contributed by atoms with E-state index in [0.717, 1.165) is 51.4 Å². The number of nitrogens with one attached hydrogen (secondary N) is 1. The minimum absolute atomic E-state index is 0.242. The molecule has 0 spiro atoms. The predicted molar refractivity (Wildman–Crippen MR) is 274 cm³/mol. The molecule has 400 valence electrons. The normalized spacial score (nSPS) is 20.5. The van der Waals surface area contributed by atoms with Crippen LogP contribution >= 0.6 is 0 Å². The van der Waals surface area contributed by atoms with Gasteiger partial charge in [0.15, 0.2) is 6.29 Å². The van der Waals surface area contributed by atoms with Gasteiger partial charge in [0.25, 0.3) is 0 Å². The molecule has 68 heavy (non-hydrogen) atoms. The Hall–Kier alpha value is -1.72. The summed E-state index contributed by atoms with van der Waals surface area (Å²) in [6.07, 6.45) is 42.1. The summed E-state index contributed by atoms with van der Waals surface area (Å²) < 4.78 is 47.7. The summed E-state index contributed by atoms with van der Waals surface area (Å²) in [6, 6.07) is -1.12. The Balaban J connectivity index is 2.47. The van der Waals surface area contributed by atoms with E-state index in [-0.39, 0.29) is 6.42 Å². The molecule has 8 atom stereocenters. The standard InChI is InChI=1S/C54H101NO12S/c1-3-5-7-9-11-13-15-17-19-21-23-25-27-29-31-33-35-37-39-41-43-48(58)53(61)55-46(45-65-54-51(60)52(67-68(62,63)64)50(59)49(44-56)66-54)47(57)42-40-38-36-34-32-30-28-26-24-22-20-18-16-14-12-10-8-6-4-2/h5,7,11,13,40,42,46-52,54,56-60H,3-4,6,8-10,12,14-39,41,43-45H2,1-2H3,(H,55,61)(H,62,63,64)/b7-5-,13-11-,42-40+. The zero-order valence-electron chi connectivity index (χ0n) is 42.8. The van der Waals surface area contributed by atoms with Crippen molar-refractivity contribution in [2.75, 3.05) is 13.2 Å². The Morgan fingerprint density at radius 2 is 1.06 bits per heavy atom. The molecular weight excluding hydrogens is 887 g/mol. The number of amides is 1. The molecule has 7 N–H and O–H groups in total. The maximum absolute atomic E-state index is 13.2. The summed E-state index contributed by atoms with van der Waals surface area (Å²) in [5.41, 5.74) is 0. The van der Waals surface area contributed by atoms with Crippen molar-refractivity contribution < 1.29 is 57.0 Å². The highest BCUT2D eigenvalue weighted by molar-refractivity contribution is 7.80. The molecule has 0 radical (unpaired) electrons. The molecule has 0 aromatic heterocycles. The van der Waals surface area contributed by atoms with Gasteiger partial charge in [0, 0.05) is 0 Å². The van der Waals surface area contributed by atoms with Crippen molar-refractivity contribution in [1.82, 2.24) is 5.32 Å². The van der Waals surface area contributed by atoms with E-state index in [2.05, 4.69) is 47.7 Å². The van der Waals surface area contributed by atoms with Gasteiger partial charge in [-0.3, -0.25) is 9.35 Å². The molecule has 0 aliphatic carbocycles. The van der Waals surface area contributed by atoms with E-state index in [1.165, 1.54) is 154 Å². The van der Waals surface area contributed by atoms with Crippen LogP contribution in [0.3, 0.4) is 0 Å². The second-order valence-electron chi connectivity index (χ2n) is 19.3. The lowest BCUT2D eigenvalue weighted by Crippen LogP contribution is -2.61.